The van der Waals surface area contributed by atoms with E-state index in [2.05, 4.69) is 24.9 Å². The minimum atomic E-state index is 0.0583. The van der Waals surface area contributed by atoms with Gasteiger partial charge in [-0.05, 0) is 5.56 Å². The zero-order valence-electron chi connectivity index (χ0n) is 15.3. The van der Waals surface area contributed by atoms with Crippen molar-refractivity contribution in [3.05, 3.63) is 71.9 Å². The molecule has 0 unspecified atom stereocenters. The lowest BCUT2D eigenvalue weighted by molar-refractivity contribution is 0.234. The van der Waals surface area contributed by atoms with Crippen molar-refractivity contribution in [1.82, 2.24) is 25.4 Å². The molecule has 0 spiro atoms. The summed E-state index contributed by atoms with van der Waals surface area (Å²) in [5.41, 5.74) is 16.7. The van der Waals surface area contributed by atoms with Crippen molar-refractivity contribution in [2.45, 2.75) is 6.54 Å². The number of hydrogen-bond acceptors (Lipinski definition) is 8. The maximum Gasteiger partial charge on any atom is 0.186 e. The van der Waals surface area contributed by atoms with Crippen LogP contribution in [0.2, 0.25) is 0 Å². The Balaban J connectivity index is 1.75. The summed E-state index contributed by atoms with van der Waals surface area (Å²) in [7, 11) is 0. The number of rotatable bonds is 4. The first kappa shape index (κ1) is 18.3. The molecule has 2 heterocycles. The van der Waals surface area contributed by atoms with Gasteiger partial charge in [-0.2, -0.15) is 0 Å². The van der Waals surface area contributed by atoms with Crippen LogP contribution in [0.5, 0.6) is 0 Å². The molecular formula is C20H18N8O. The van der Waals surface area contributed by atoms with E-state index >= 15 is 0 Å². The SMILES string of the molecule is Nc1nc2nc(-c3ccccc3)nc(N)c2nc1C(=NCc1ccccc1)NO. The fraction of sp³-hybridized carbons (Fsp3) is 0.0500. The quantitative estimate of drug-likeness (QED) is 0.237. The molecule has 4 rings (SSSR count). The second-order valence-electron chi connectivity index (χ2n) is 6.19. The average molecular weight is 386 g/mol. The van der Waals surface area contributed by atoms with Crippen LogP contribution in [0.25, 0.3) is 22.6 Å². The molecule has 0 fully saturated rings. The second-order valence-corrected chi connectivity index (χ2v) is 6.19. The highest BCUT2D eigenvalue weighted by Gasteiger charge is 2.16. The molecule has 0 amide bonds. The molecule has 29 heavy (non-hydrogen) atoms. The fourth-order valence-electron chi connectivity index (χ4n) is 2.79. The number of nitrogens with zero attached hydrogens (tertiary/aromatic N) is 5. The van der Waals surface area contributed by atoms with Crippen LogP contribution in [0.3, 0.4) is 0 Å². The lowest BCUT2D eigenvalue weighted by atomic mass is 10.2. The number of nitrogen functional groups attached to an aromatic ring is 2. The summed E-state index contributed by atoms with van der Waals surface area (Å²) in [5, 5.41) is 9.55. The van der Waals surface area contributed by atoms with Crippen LogP contribution in [0.4, 0.5) is 11.6 Å². The van der Waals surface area contributed by atoms with Crippen molar-refractivity contribution in [1.29, 1.82) is 0 Å². The first-order valence-corrected chi connectivity index (χ1v) is 8.80. The van der Waals surface area contributed by atoms with Crippen LogP contribution in [0.1, 0.15) is 11.3 Å². The lowest BCUT2D eigenvalue weighted by Crippen LogP contribution is -2.24. The Morgan fingerprint density at radius 3 is 2.24 bits per heavy atom. The largest absolute Gasteiger partial charge is 0.382 e. The Kier molecular flexibility index (Phi) is 4.95. The van der Waals surface area contributed by atoms with Gasteiger partial charge in [0.2, 0.25) is 0 Å². The third-order valence-corrected chi connectivity index (χ3v) is 4.21. The van der Waals surface area contributed by atoms with E-state index in [1.165, 1.54) is 0 Å². The summed E-state index contributed by atoms with van der Waals surface area (Å²) >= 11 is 0. The van der Waals surface area contributed by atoms with Gasteiger partial charge in [-0.3, -0.25) is 15.7 Å². The highest BCUT2D eigenvalue weighted by molar-refractivity contribution is 6.02. The molecule has 9 heteroatoms. The maximum absolute atomic E-state index is 9.55. The first-order valence-electron chi connectivity index (χ1n) is 8.80. The number of fused-ring (bicyclic) bond motifs is 1. The number of hydrogen-bond donors (Lipinski definition) is 4. The molecule has 9 nitrogen and oxygen atoms in total. The normalized spacial score (nSPS) is 11.6. The molecule has 0 aliphatic heterocycles. The maximum atomic E-state index is 9.55. The van der Waals surface area contributed by atoms with Gasteiger partial charge in [0.1, 0.15) is 0 Å². The summed E-state index contributed by atoms with van der Waals surface area (Å²) in [6, 6.07) is 19.0. The number of aromatic nitrogens is 4. The van der Waals surface area contributed by atoms with Crippen molar-refractivity contribution >= 4 is 28.6 Å². The number of nitrogens with two attached hydrogens (primary N) is 2. The van der Waals surface area contributed by atoms with Crippen LogP contribution < -0.4 is 16.9 Å². The summed E-state index contributed by atoms with van der Waals surface area (Å²) in [6.45, 7) is 0.321. The van der Waals surface area contributed by atoms with Crippen LogP contribution in [-0.2, 0) is 6.54 Å². The molecule has 0 saturated heterocycles. The van der Waals surface area contributed by atoms with Crippen molar-refractivity contribution in [3.8, 4) is 11.4 Å². The van der Waals surface area contributed by atoms with Gasteiger partial charge in [0.15, 0.2) is 40.2 Å². The van der Waals surface area contributed by atoms with E-state index in [1.54, 1.807) is 0 Å². The Bertz CT molecular complexity index is 1180. The molecule has 0 saturated carbocycles. The minimum absolute atomic E-state index is 0.0583. The summed E-state index contributed by atoms with van der Waals surface area (Å²) in [4.78, 5) is 21.8. The van der Waals surface area contributed by atoms with Gasteiger partial charge in [0.25, 0.3) is 0 Å². The van der Waals surface area contributed by atoms with Crippen molar-refractivity contribution < 1.29 is 5.21 Å². The molecule has 2 aromatic carbocycles. The van der Waals surface area contributed by atoms with Gasteiger partial charge in [-0.25, -0.2) is 19.9 Å². The Labute approximate surface area is 166 Å². The van der Waals surface area contributed by atoms with E-state index in [1.807, 2.05) is 66.1 Å². The third kappa shape index (κ3) is 3.80. The van der Waals surface area contributed by atoms with Crippen LogP contribution in [0.15, 0.2) is 65.7 Å². The number of benzene rings is 2. The molecule has 4 aromatic rings. The van der Waals surface area contributed by atoms with Gasteiger partial charge < -0.3 is 11.5 Å². The predicted molar refractivity (Wildman–Crippen MR) is 111 cm³/mol. The first-order chi connectivity index (χ1) is 14.2. The molecule has 0 aliphatic rings. The predicted octanol–water partition coefficient (Wildman–Crippen LogP) is 2.18. The number of amidine groups is 1. The Morgan fingerprint density at radius 2 is 1.55 bits per heavy atom. The number of nitrogens with one attached hydrogen (secondary N) is 1. The molecule has 144 valence electrons. The van der Waals surface area contributed by atoms with E-state index in [0.717, 1.165) is 11.1 Å². The van der Waals surface area contributed by atoms with Gasteiger partial charge in [0, 0.05) is 5.56 Å². The van der Waals surface area contributed by atoms with Crippen LogP contribution in [0, 0.1) is 0 Å². The van der Waals surface area contributed by atoms with Crippen LogP contribution >= 0.6 is 0 Å². The lowest BCUT2D eigenvalue weighted by Gasteiger charge is -2.10. The zero-order chi connectivity index (χ0) is 20.2. The van der Waals surface area contributed by atoms with E-state index < -0.39 is 0 Å². The van der Waals surface area contributed by atoms with Gasteiger partial charge in [-0.1, -0.05) is 60.7 Å². The minimum Gasteiger partial charge on any atom is -0.382 e. The molecule has 0 radical (unpaired) electrons. The summed E-state index contributed by atoms with van der Waals surface area (Å²) < 4.78 is 0. The van der Waals surface area contributed by atoms with Crippen LogP contribution in [-0.4, -0.2) is 31.0 Å². The van der Waals surface area contributed by atoms with E-state index in [9.17, 15) is 5.21 Å². The molecule has 2 aromatic heterocycles. The van der Waals surface area contributed by atoms with E-state index in [0.29, 0.717) is 12.4 Å². The van der Waals surface area contributed by atoms with E-state index in [4.69, 9.17) is 11.5 Å². The van der Waals surface area contributed by atoms with E-state index in [-0.39, 0.29) is 34.3 Å². The van der Waals surface area contributed by atoms with Gasteiger partial charge in [0.05, 0.1) is 6.54 Å². The molecule has 0 bridgehead atoms. The number of hydroxylamine groups is 1. The molecular weight excluding hydrogens is 368 g/mol. The second kappa shape index (κ2) is 7.87. The smallest absolute Gasteiger partial charge is 0.186 e. The molecule has 0 atom stereocenters. The number of aliphatic imine (C=N–C) groups is 1. The van der Waals surface area contributed by atoms with Crippen molar-refractivity contribution in [2.75, 3.05) is 11.5 Å². The third-order valence-electron chi connectivity index (χ3n) is 4.21. The molecule has 6 N–H and O–H groups in total. The Hall–Kier alpha value is -4.11. The van der Waals surface area contributed by atoms with Crippen molar-refractivity contribution in [3.63, 3.8) is 0 Å². The number of anilines is 2. The topological polar surface area (TPSA) is 148 Å². The highest BCUT2D eigenvalue weighted by Crippen LogP contribution is 2.22. The Morgan fingerprint density at radius 1 is 0.862 bits per heavy atom. The summed E-state index contributed by atoms with van der Waals surface area (Å²) in [5.74, 6) is 0.716. The molecule has 0 aliphatic carbocycles. The standard InChI is InChI=1S/C20H18N8O/c21-16-14(19(28-29)23-11-12-7-3-1-4-8-12)24-15-17(22)25-18(27-20(15)26-16)13-9-5-2-6-10-13/h1-10,29H,11H2,(H,23,28)(H4,21,22,25,26,27). The monoisotopic (exact) mass is 386 g/mol. The average Bonchev–Trinajstić information content (AvgIpc) is 2.76. The van der Waals surface area contributed by atoms with Crippen molar-refractivity contribution in [2.24, 2.45) is 4.99 Å². The summed E-state index contributed by atoms with van der Waals surface area (Å²) in [6.07, 6.45) is 0. The zero-order valence-corrected chi connectivity index (χ0v) is 15.3. The fourth-order valence-corrected chi connectivity index (χ4v) is 2.79. The van der Waals surface area contributed by atoms with Gasteiger partial charge in [-0.15, -0.1) is 0 Å². The van der Waals surface area contributed by atoms with Gasteiger partial charge >= 0.3 is 0 Å². The highest BCUT2D eigenvalue weighted by atomic mass is 16.5.